The lowest BCUT2D eigenvalue weighted by atomic mass is 9.84. The Kier molecular flexibility index (Phi) is 8.17. The van der Waals surface area contributed by atoms with E-state index in [-0.39, 0.29) is 24.4 Å². The van der Waals surface area contributed by atoms with Crippen molar-refractivity contribution >= 4 is 24.3 Å². The topological polar surface area (TPSA) is 86.9 Å². The SMILES string of the molecule is Cl.NC(CC1CCCCC1)C(=O)N1C[C@H](N2CCCCC2)C[C@H]1C(=O)O. The molecule has 0 radical (unpaired) electrons. The summed E-state index contributed by atoms with van der Waals surface area (Å²) in [7, 11) is 0. The number of amides is 1. The van der Waals surface area contributed by atoms with E-state index in [9.17, 15) is 14.7 Å². The zero-order valence-electron chi connectivity index (χ0n) is 15.6. The van der Waals surface area contributed by atoms with E-state index in [1.54, 1.807) is 4.90 Å². The largest absolute Gasteiger partial charge is 0.480 e. The second kappa shape index (κ2) is 9.90. The number of hydrogen-bond acceptors (Lipinski definition) is 4. The third-order valence-corrected chi connectivity index (χ3v) is 6.38. The number of hydrogen-bond donors (Lipinski definition) is 2. The first-order chi connectivity index (χ1) is 12.1. The van der Waals surface area contributed by atoms with Crippen LogP contribution in [-0.4, -0.2) is 64.5 Å². The predicted octanol–water partition coefficient (Wildman–Crippen LogP) is 2.25. The van der Waals surface area contributed by atoms with E-state index in [2.05, 4.69) is 4.90 Å². The molecule has 0 aromatic heterocycles. The molecule has 150 valence electrons. The lowest BCUT2D eigenvalue weighted by Gasteiger charge is -2.32. The molecule has 1 saturated carbocycles. The molecule has 6 nitrogen and oxygen atoms in total. The maximum Gasteiger partial charge on any atom is 0.326 e. The molecule has 0 aromatic carbocycles. The number of carbonyl (C=O) groups excluding carboxylic acids is 1. The number of nitrogens with zero attached hydrogens (tertiary/aromatic N) is 2. The fraction of sp³-hybridized carbons (Fsp3) is 0.895. The fourth-order valence-corrected chi connectivity index (χ4v) is 4.94. The number of carboxylic acids is 1. The lowest BCUT2D eigenvalue weighted by Crippen LogP contribution is -2.49. The van der Waals surface area contributed by atoms with Crippen LogP contribution in [0.4, 0.5) is 0 Å². The molecule has 3 aliphatic rings. The zero-order valence-corrected chi connectivity index (χ0v) is 16.5. The van der Waals surface area contributed by atoms with Crippen molar-refractivity contribution < 1.29 is 14.7 Å². The normalized spacial score (nSPS) is 29.2. The maximum atomic E-state index is 12.9. The average Bonchev–Trinajstić information content (AvgIpc) is 3.08. The first-order valence-corrected chi connectivity index (χ1v) is 10.1. The second-order valence-electron chi connectivity index (χ2n) is 8.18. The van der Waals surface area contributed by atoms with Gasteiger partial charge >= 0.3 is 5.97 Å². The Morgan fingerprint density at radius 2 is 1.65 bits per heavy atom. The van der Waals surface area contributed by atoms with Gasteiger partial charge in [-0.05, 0) is 44.7 Å². The van der Waals surface area contributed by atoms with Crippen molar-refractivity contribution in [1.29, 1.82) is 0 Å². The van der Waals surface area contributed by atoms with Crippen LogP contribution < -0.4 is 5.73 Å². The van der Waals surface area contributed by atoms with Crippen LogP contribution in [0.25, 0.3) is 0 Å². The van der Waals surface area contributed by atoms with Gasteiger partial charge in [0.05, 0.1) is 6.04 Å². The number of rotatable bonds is 5. The molecule has 0 spiro atoms. The van der Waals surface area contributed by atoms with Gasteiger partial charge in [-0.1, -0.05) is 38.5 Å². The molecule has 1 unspecified atom stereocenters. The van der Waals surface area contributed by atoms with Gasteiger partial charge in [0.1, 0.15) is 6.04 Å². The molecular weight excluding hydrogens is 354 g/mol. The number of likely N-dealkylation sites (tertiary alicyclic amines) is 2. The van der Waals surface area contributed by atoms with E-state index in [1.807, 2.05) is 0 Å². The van der Waals surface area contributed by atoms with Crippen LogP contribution in [0.3, 0.4) is 0 Å². The highest BCUT2D eigenvalue weighted by Crippen LogP contribution is 2.29. The number of nitrogens with two attached hydrogens (primary N) is 1. The second-order valence-corrected chi connectivity index (χ2v) is 8.18. The van der Waals surface area contributed by atoms with E-state index >= 15 is 0 Å². The van der Waals surface area contributed by atoms with Gasteiger partial charge in [0.15, 0.2) is 0 Å². The molecule has 0 aromatic rings. The average molecular weight is 388 g/mol. The summed E-state index contributed by atoms with van der Waals surface area (Å²) in [5.41, 5.74) is 6.22. The van der Waals surface area contributed by atoms with E-state index < -0.39 is 18.1 Å². The highest BCUT2D eigenvalue weighted by molar-refractivity contribution is 5.87. The van der Waals surface area contributed by atoms with Crippen molar-refractivity contribution in [3.63, 3.8) is 0 Å². The minimum Gasteiger partial charge on any atom is -0.480 e. The summed E-state index contributed by atoms with van der Waals surface area (Å²) in [6.07, 6.45) is 10.9. The molecule has 3 rings (SSSR count). The summed E-state index contributed by atoms with van der Waals surface area (Å²) in [6, 6.07) is -1.09. The van der Waals surface area contributed by atoms with Gasteiger partial charge in [-0.25, -0.2) is 4.79 Å². The van der Waals surface area contributed by atoms with E-state index in [1.165, 1.54) is 38.5 Å². The molecule has 0 bridgehead atoms. The van der Waals surface area contributed by atoms with Gasteiger partial charge < -0.3 is 15.7 Å². The van der Waals surface area contributed by atoms with Crippen LogP contribution in [-0.2, 0) is 9.59 Å². The summed E-state index contributed by atoms with van der Waals surface area (Å²) >= 11 is 0. The fourth-order valence-electron chi connectivity index (χ4n) is 4.94. The van der Waals surface area contributed by atoms with Crippen LogP contribution in [0.5, 0.6) is 0 Å². The number of carbonyl (C=O) groups is 2. The standard InChI is InChI=1S/C19H33N3O3.ClH/c20-16(11-14-7-3-1-4-8-14)18(23)22-13-15(12-17(22)19(24)25)21-9-5-2-6-10-21;/h14-17H,1-13,20H2,(H,24,25);1H/t15-,16?,17+;/m1./s1. The van der Waals surface area contributed by atoms with Crippen LogP contribution in [0, 0.1) is 5.92 Å². The number of piperidine rings is 1. The molecule has 2 heterocycles. The Hall–Kier alpha value is -0.850. The Morgan fingerprint density at radius 3 is 2.27 bits per heavy atom. The van der Waals surface area contributed by atoms with Crippen LogP contribution >= 0.6 is 12.4 Å². The molecule has 3 N–H and O–H groups in total. The number of carboxylic acid groups (broad SMARTS) is 1. The highest BCUT2D eigenvalue weighted by atomic mass is 35.5. The Balaban J connectivity index is 0.00000243. The predicted molar refractivity (Wildman–Crippen MR) is 103 cm³/mol. The smallest absolute Gasteiger partial charge is 0.326 e. The minimum atomic E-state index is -0.891. The van der Waals surface area contributed by atoms with Crippen LogP contribution in [0.2, 0.25) is 0 Å². The van der Waals surface area contributed by atoms with E-state index in [0.717, 1.165) is 25.9 Å². The van der Waals surface area contributed by atoms with Crippen molar-refractivity contribution in [2.24, 2.45) is 11.7 Å². The molecular formula is C19H34ClN3O3. The maximum absolute atomic E-state index is 12.9. The molecule has 2 aliphatic heterocycles. The molecule has 26 heavy (non-hydrogen) atoms. The van der Waals surface area contributed by atoms with Crippen molar-refractivity contribution in [3.8, 4) is 0 Å². The van der Waals surface area contributed by atoms with Crippen LogP contribution in [0.1, 0.15) is 64.2 Å². The Morgan fingerprint density at radius 1 is 1.04 bits per heavy atom. The highest BCUT2D eigenvalue weighted by Gasteiger charge is 2.43. The summed E-state index contributed by atoms with van der Waals surface area (Å²) < 4.78 is 0. The van der Waals surface area contributed by atoms with Crippen molar-refractivity contribution in [3.05, 3.63) is 0 Å². The Labute approximate surface area is 162 Å². The summed E-state index contributed by atoms with van der Waals surface area (Å²) in [5.74, 6) is -0.522. The third kappa shape index (κ3) is 5.11. The molecule has 3 atom stereocenters. The van der Waals surface area contributed by atoms with Gasteiger partial charge in [0.25, 0.3) is 0 Å². The minimum absolute atomic E-state index is 0. The number of aliphatic carboxylic acids is 1. The van der Waals surface area contributed by atoms with Crippen molar-refractivity contribution in [1.82, 2.24) is 9.80 Å². The molecule has 7 heteroatoms. The van der Waals surface area contributed by atoms with Crippen LogP contribution in [0.15, 0.2) is 0 Å². The lowest BCUT2D eigenvalue weighted by molar-refractivity contribution is -0.148. The summed E-state index contributed by atoms with van der Waals surface area (Å²) in [6.45, 7) is 2.56. The van der Waals surface area contributed by atoms with Gasteiger partial charge in [-0.3, -0.25) is 9.69 Å². The third-order valence-electron chi connectivity index (χ3n) is 6.38. The molecule has 2 saturated heterocycles. The first kappa shape index (κ1) is 21.5. The summed E-state index contributed by atoms with van der Waals surface area (Å²) in [4.78, 5) is 28.5. The van der Waals surface area contributed by atoms with E-state index in [0.29, 0.717) is 25.3 Å². The Bertz CT molecular complexity index is 479. The quantitative estimate of drug-likeness (QED) is 0.755. The number of halogens is 1. The summed E-state index contributed by atoms with van der Waals surface area (Å²) in [5, 5.41) is 9.60. The monoisotopic (exact) mass is 387 g/mol. The molecule has 1 aliphatic carbocycles. The zero-order chi connectivity index (χ0) is 17.8. The van der Waals surface area contributed by atoms with E-state index in [4.69, 9.17) is 5.73 Å². The molecule has 1 amide bonds. The van der Waals surface area contributed by atoms with Gasteiger partial charge in [-0.15, -0.1) is 12.4 Å². The van der Waals surface area contributed by atoms with Crippen molar-refractivity contribution in [2.75, 3.05) is 19.6 Å². The first-order valence-electron chi connectivity index (χ1n) is 10.1. The molecule has 3 fully saturated rings. The van der Waals surface area contributed by atoms with Crippen molar-refractivity contribution in [2.45, 2.75) is 82.3 Å². The van der Waals surface area contributed by atoms with Gasteiger partial charge in [-0.2, -0.15) is 0 Å². The van der Waals surface area contributed by atoms with Gasteiger partial charge in [0.2, 0.25) is 5.91 Å². The van der Waals surface area contributed by atoms with Gasteiger partial charge in [0, 0.05) is 12.6 Å².